The van der Waals surface area contributed by atoms with E-state index in [9.17, 15) is 14.4 Å². The number of carbonyl (C=O) groups is 3. The SMILES string of the molecule is CC1=CC[C@@H]2C(=O)N(c3ccc(C(=O)N4CCCCC4)cc3)C(=O)[C@@H]2C1. The molecule has 0 bridgehead atoms. The van der Waals surface area contributed by atoms with Gasteiger partial charge in [-0.3, -0.25) is 19.3 Å². The van der Waals surface area contributed by atoms with Crippen molar-refractivity contribution < 1.29 is 14.4 Å². The van der Waals surface area contributed by atoms with Crippen LogP contribution in [0.4, 0.5) is 5.69 Å². The quantitative estimate of drug-likeness (QED) is 0.607. The Bertz CT molecular complexity index is 775. The van der Waals surface area contributed by atoms with E-state index in [1.807, 2.05) is 11.8 Å². The maximum Gasteiger partial charge on any atom is 0.253 e. The van der Waals surface area contributed by atoms with Crippen molar-refractivity contribution in [3.8, 4) is 0 Å². The molecule has 2 atom stereocenters. The number of imide groups is 1. The second-order valence-electron chi connectivity index (χ2n) is 7.61. The number of rotatable bonds is 2. The number of allylic oxidation sites excluding steroid dienone is 2. The van der Waals surface area contributed by atoms with E-state index in [0.717, 1.165) is 25.9 Å². The van der Waals surface area contributed by atoms with Gasteiger partial charge in [-0.25, -0.2) is 0 Å². The molecular formula is C21H24N2O3. The van der Waals surface area contributed by atoms with E-state index in [2.05, 4.69) is 6.08 Å². The highest BCUT2D eigenvalue weighted by atomic mass is 16.2. The van der Waals surface area contributed by atoms with Crippen LogP contribution in [0.25, 0.3) is 0 Å². The molecule has 136 valence electrons. The molecule has 1 aliphatic carbocycles. The van der Waals surface area contributed by atoms with Gasteiger partial charge in [-0.1, -0.05) is 11.6 Å². The molecule has 2 aliphatic heterocycles. The van der Waals surface area contributed by atoms with Gasteiger partial charge in [0.05, 0.1) is 17.5 Å². The van der Waals surface area contributed by atoms with E-state index in [4.69, 9.17) is 0 Å². The summed E-state index contributed by atoms with van der Waals surface area (Å²) in [5, 5.41) is 0. The predicted molar refractivity (Wildman–Crippen MR) is 98.7 cm³/mol. The maximum absolute atomic E-state index is 12.8. The molecule has 2 heterocycles. The summed E-state index contributed by atoms with van der Waals surface area (Å²) < 4.78 is 0. The van der Waals surface area contributed by atoms with Crippen molar-refractivity contribution in [2.45, 2.75) is 39.0 Å². The van der Waals surface area contributed by atoms with E-state index in [-0.39, 0.29) is 29.6 Å². The Hall–Kier alpha value is -2.43. The molecule has 5 heteroatoms. The standard InChI is InChI=1S/C21H24N2O3/c1-14-5-10-17-18(13-14)21(26)23(20(17)25)16-8-6-15(7-9-16)19(24)22-11-3-2-4-12-22/h5-9,17-18H,2-4,10-13H2,1H3/t17-,18+/m0/s1. The lowest BCUT2D eigenvalue weighted by Gasteiger charge is -2.26. The minimum atomic E-state index is -0.235. The van der Waals surface area contributed by atoms with Crippen LogP contribution in [0.2, 0.25) is 0 Å². The highest BCUT2D eigenvalue weighted by molar-refractivity contribution is 6.22. The second-order valence-corrected chi connectivity index (χ2v) is 7.61. The third-order valence-corrected chi connectivity index (χ3v) is 5.84. The lowest BCUT2D eigenvalue weighted by molar-refractivity contribution is -0.122. The summed E-state index contributed by atoms with van der Waals surface area (Å²) in [4.78, 5) is 41.3. The first-order valence-corrected chi connectivity index (χ1v) is 9.49. The first-order valence-electron chi connectivity index (χ1n) is 9.49. The molecule has 0 N–H and O–H groups in total. The van der Waals surface area contributed by atoms with Crippen molar-refractivity contribution in [3.05, 3.63) is 41.5 Å². The van der Waals surface area contributed by atoms with Gasteiger partial charge in [0.15, 0.2) is 0 Å². The molecule has 0 spiro atoms. The largest absolute Gasteiger partial charge is 0.339 e. The lowest BCUT2D eigenvalue weighted by Crippen LogP contribution is -2.35. The van der Waals surface area contributed by atoms with Gasteiger partial charge >= 0.3 is 0 Å². The molecule has 0 unspecified atom stereocenters. The van der Waals surface area contributed by atoms with Crippen LogP contribution in [0, 0.1) is 11.8 Å². The van der Waals surface area contributed by atoms with Gasteiger partial charge in [0.2, 0.25) is 11.8 Å². The summed E-state index contributed by atoms with van der Waals surface area (Å²) in [5.41, 5.74) is 2.36. The number of likely N-dealkylation sites (tertiary alicyclic amines) is 1. The molecule has 1 aromatic rings. The average molecular weight is 352 g/mol. The number of anilines is 1. The van der Waals surface area contributed by atoms with Gasteiger partial charge in [-0.05, 0) is 63.3 Å². The number of carbonyl (C=O) groups excluding carboxylic acids is 3. The zero-order chi connectivity index (χ0) is 18.3. The number of amides is 3. The molecular weight excluding hydrogens is 328 g/mol. The zero-order valence-corrected chi connectivity index (χ0v) is 15.1. The van der Waals surface area contributed by atoms with Crippen molar-refractivity contribution in [1.29, 1.82) is 0 Å². The van der Waals surface area contributed by atoms with Crippen LogP contribution in [0.5, 0.6) is 0 Å². The van der Waals surface area contributed by atoms with Crippen molar-refractivity contribution in [2.75, 3.05) is 18.0 Å². The van der Waals surface area contributed by atoms with Gasteiger partial charge in [0.1, 0.15) is 0 Å². The van der Waals surface area contributed by atoms with Crippen molar-refractivity contribution in [1.82, 2.24) is 4.90 Å². The third kappa shape index (κ3) is 2.85. The van der Waals surface area contributed by atoms with Crippen LogP contribution in [0.3, 0.4) is 0 Å². The lowest BCUT2D eigenvalue weighted by atomic mass is 9.82. The number of hydrogen-bond donors (Lipinski definition) is 0. The van der Waals surface area contributed by atoms with Gasteiger partial charge in [0, 0.05) is 18.7 Å². The van der Waals surface area contributed by atoms with Gasteiger partial charge in [-0.2, -0.15) is 0 Å². The van der Waals surface area contributed by atoms with E-state index in [0.29, 0.717) is 24.1 Å². The summed E-state index contributed by atoms with van der Waals surface area (Å²) in [7, 11) is 0. The Morgan fingerprint density at radius 3 is 2.31 bits per heavy atom. The monoisotopic (exact) mass is 352 g/mol. The second kappa shape index (κ2) is 6.71. The van der Waals surface area contributed by atoms with Crippen LogP contribution >= 0.6 is 0 Å². The fourth-order valence-corrected chi connectivity index (χ4v) is 4.32. The number of fused-ring (bicyclic) bond motifs is 1. The summed E-state index contributed by atoms with van der Waals surface area (Å²) in [5.74, 6) is -0.659. The van der Waals surface area contributed by atoms with E-state index in [1.54, 1.807) is 24.3 Å². The Morgan fingerprint density at radius 2 is 1.62 bits per heavy atom. The Morgan fingerprint density at radius 1 is 0.962 bits per heavy atom. The van der Waals surface area contributed by atoms with Crippen LogP contribution < -0.4 is 4.90 Å². The Balaban J connectivity index is 1.53. The highest BCUT2D eigenvalue weighted by Gasteiger charge is 2.48. The fourth-order valence-electron chi connectivity index (χ4n) is 4.32. The van der Waals surface area contributed by atoms with Gasteiger partial charge < -0.3 is 4.90 Å². The number of piperidine rings is 1. The average Bonchev–Trinajstić information content (AvgIpc) is 2.92. The Labute approximate surface area is 153 Å². The van der Waals surface area contributed by atoms with Crippen LogP contribution in [-0.4, -0.2) is 35.7 Å². The minimum absolute atomic E-state index is 0.0313. The minimum Gasteiger partial charge on any atom is -0.339 e. The first-order chi connectivity index (χ1) is 12.6. The van der Waals surface area contributed by atoms with Gasteiger partial charge in [-0.15, -0.1) is 0 Å². The molecule has 5 nitrogen and oxygen atoms in total. The molecule has 26 heavy (non-hydrogen) atoms. The molecule has 4 rings (SSSR count). The topological polar surface area (TPSA) is 57.7 Å². The van der Waals surface area contributed by atoms with Crippen LogP contribution in [0.1, 0.15) is 49.4 Å². The highest BCUT2D eigenvalue weighted by Crippen LogP contribution is 2.39. The molecule has 0 saturated carbocycles. The number of benzene rings is 1. The summed E-state index contributed by atoms with van der Waals surface area (Å²) in [6.07, 6.45) is 6.66. The molecule has 0 aromatic heterocycles. The van der Waals surface area contributed by atoms with Crippen LogP contribution in [0.15, 0.2) is 35.9 Å². The molecule has 2 fully saturated rings. The van der Waals surface area contributed by atoms with E-state index in [1.165, 1.54) is 16.9 Å². The first kappa shape index (κ1) is 17.0. The zero-order valence-electron chi connectivity index (χ0n) is 15.1. The fraction of sp³-hybridized carbons (Fsp3) is 0.476. The van der Waals surface area contributed by atoms with Crippen molar-refractivity contribution >= 4 is 23.4 Å². The molecule has 2 saturated heterocycles. The smallest absolute Gasteiger partial charge is 0.253 e. The summed E-state index contributed by atoms with van der Waals surface area (Å²) >= 11 is 0. The van der Waals surface area contributed by atoms with Crippen LogP contribution in [-0.2, 0) is 9.59 Å². The van der Waals surface area contributed by atoms with Crippen molar-refractivity contribution in [2.24, 2.45) is 11.8 Å². The van der Waals surface area contributed by atoms with E-state index < -0.39 is 0 Å². The summed E-state index contributed by atoms with van der Waals surface area (Å²) in [6, 6.07) is 6.92. The molecule has 3 amide bonds. The molecule has 3 aliphatic rings. The van der Waals surface area contributed by atoms with Gasteiger partial charge in [0.25, 0.3) is 5.91 Å². The van der Waals surface area contributed by atoms with E-state index >= 15 is 0 Å². The maximum atomic E-state index is 12.8. The Kier molecular flexibility index (Phi) is 4.39. The predicted octanol–water partition coefficient (Wildman–Crippen LogP) is 3.16. The number of nitrogens with zero attached hydrogens (tertiary/aromatic N) is 2. The third-order valence-electron chi connectivity index (χ3n) is 5.84. The summed E-state index contributed by atoms with van der Waals surface area (Å²) in [6.45, 7) is 3.62. The normalized spacial score (nSPS) is 26.0. The number of hydrogen-bond acceptors (Lipinski definition) is 3. The molecule has 0 radical (unpaired) electrons. The molecule has 1 aromatic carbocycles. The van der Waals surface area contributed by atoms with Crippen molar-refractivity contribution in [3.63, 3.8) is 0 Å².